The highest BCUT2D eigenvalue weighted by Crippen LogP contribution is 2.35. The number of carboxylic acids is 1. The molecule has 2 N–H and O–H groups in total. The lowest BCUT2D eigenvalue weighted by molar-refractivity contribution is 0.0699. The van der Waals surface area contributed by atoms with Gasteiger partial charge in [-0.05, 0) is 12.5 Å². The van der Waals surface area contributed by atoms with Gasteiger partial charge in [0.25, 0.3) is 0 Å². The number of aryl methyl sites for hydroxylation is 1. The molecule has 0 spiro atoms. The van der Waals surface area contributed by atoms with Crippen molar-refractivity contribution in [3.63, 3.8) is 0 Å². The van der Waals surface area contributed by atoms with Crippen LogP contribution in [0.1, 0.15) is 15.9 Å². The maximum Gasteiger partial charge on any atom is 0.337 e. The van der Waals surface area contributed by atoms with Gasteiger partial charge in [-0.2, -0.15) is 0 Å². The Bertz CT molecular complexity index is 574. The number of ether oxygens (including phenoxy) is 1. The lowest BCUT2D eigenvalue weighted by atomic mass is 10.1. The van der Waals surface area contributed by atoms with E-state index >= 15 is 0 Å². The third kappa shape index (κ3) is 1.42. The van der Waals surface area contributed by atoms with Crippen LogP contribution in [-0.4, -0.2) is 23.2 Å². The Balaban J connectivity index is 2.91. The molecule has 1 aromatic heterocycles. The molecule has 0 aliphatic heterocycles. The number of nitrogens with one attached hydrogen (secondary N) is 1. The van der Waals surface area contributed by atoms with Crippen molar-refractivity contribution in [2.45, 2.75) is 6.92 Å². The molecule has 0 aliphatic carbocycles. The predicted octanol–water partition coefficient (Wildman–Crippen LogP) is 2.84. The van der Waals surface area contributed by atoms with Crippen molar-refractivity contribution in [3.05, 3.63) is 28.4 Å². The molecule has 2 aromatic rings. The number of methoxy groups -OCH3 is 1. The van der Waals surface area contributed by atoms with Crippen LogP contribution in [0, 0.1) is 6.92 Å². The first kappa shape index (κ1) is 10.8. The molecule has 84 valence electrons. The van der Waals surface area contributed by atoms with Gasteiger partial charge in [0.15, 0.2) is 0 Å². The van der Waals surface area contributed by atoms with Gasteiger partial charge in [-0.3, -0.25) is 0 Å². The second-order valence-electron chi connectivity index (χ2n) is 3.44. The summed E-state index contributed by atoms with van der Waals surface area (Å²) in [7, 11) is 1.52. The van der Waals surface area contributed by atoms with Crippen molar-refractivity contribution in [1.29, 1.82) is 0 Å². The van der Waals surface area contributed by atoms with Gasteiger partial charge in [0.05, 0.1) is 18.2 Å². The van der Waals surface area contributed by atoms with E-state index in [1.807, 2.05) is 0 Å². The van der Waals surface area contributed by atoms with E-state index in [1.165, 1.54) is 13.3 Å². The lowest BCUT2D eigenvalue weighted by Crippen LogP contribution is -1.95. The highest BCUT2D eigenvalue weighted by Gasteiger charge is 2.17. The van der Waals surface area contributed by atoms with E-state index in [0.29, 0.717) is 21.7 Å². The van der Waals surface area contributed by atoms with Gasteiger partial charge >= 0.3 is 5.97 Å². The normalized spacial score (nSPS) is 10.7. The number of halogens is 1. The molecule has 0 aliphatic rings. The Morgan fingerprint density at radius 2 is 2.25 bits per heavy atom. The van der Waals surface area contributed by atoms with Gasteiger partial charge in [-0.25, -0.2) is 4.79 Å². The van der Waals surface area contributed by atoms with E-state index in [9.17, 15) is 4.79 Å². The summed E-state index contributed by atoms with van der Waals surface area (Å²) in [6.07, 6.45) is 1.44. The van der Waals surface area contributed by atoms with Crippen molar-refractivity contribution in [3.8, 4) is 5.75 Å². The largest absolute Gasteiger partial charge is 0.495 e. The fourth-order valence-electron chi connectivity index (χ4n) is 1.75. The third-order valence-electron chi connectivity index (χ3n) is 2.57. The van der Waals surface area contributed by atoms with Crippen LogP contribution in [0.4, 0.5) is 0 Å². The molecular weight excluding hydrogens is 230 g/mol. The Hall–Kier alpha value is -1.68. The van der Waals surface area contributed by atoms with E-state index < -0.39 is 5.97 Å². The summed E-state index contributed by atoms with van der Waals surface area (Å²) in [6.45, 7) is 1.78. The number of aromatic amines is 1. The number of aromatic carboxylic acids is 1. The molecule has 0 saturated carbocycles. The molecule has 0 saturated heterocycles. The molecule has 1 heterocycles. The van der Waals surface area contributed by atoms with Crippen LogP contribution in [0.2, 0.25) is 5.02 Å². The van der Waals surface area contributed by atoms with Crippen LogP contribution < -0.4 is 4.74 Å². The van der Waals surface area contributed by atoms with Crippen molar-refractivity contribution in [2.24, 2.45) is 0 Å². The number of aromatic nitrogens is 1. The number of fused-ring (bicyclic) bond motifs is 1. The van der Waals surface area contributed by atoms with Gasteiger partial charge in [0, 0.05) is 22.7 Å². The zero-order valence-corrected chi connectivity index (χ0v) is 9.55. The Labute approximate surface area is 96.8 Å². The highest BCUT2D eigenvalue weighted by molar-refractivity contribution is 6.33. The SMILES string of the molecule is COc1cc(Cl)c(C)c2c(C(=O)O)c[nH]c12. The molecule has 0 fully saturated rings. The topological polar surface area (TPSA) is 62.3 Å². The number of hydrogen-bond donors (Lipinski definition) is 2. The standard InChI is InChI=1S/C11H10ClNO3/c1-5-7(12)3-8(16-2)10-9(5)6(4-13-10)11(14)15/h3-4,13H,1-2H3,(H,14,15). The molecule has 0 radical (unpaired) electrons. The molecule has 0 atom stereocenters. The summed E-state index contributed by atoms with van der Waals surface area (Å²) < 4.78 is 5.15. The van der Waals surface area contributed by atoms with Gasteiger partial charge in [0.2, 0.25) is 0 Å². The first-order valence-electron chi connectivity index (χ1n) is 4.63. The Kier molecular flexibility index (Phi) is 2.52. The van der Waals surface area contributed by atoms with Crippen molar-refractivity contribution >= 4 is 28.5 Å². The summed E-state index contributed by atoms with van der Waals surface area (Å²) in [4.78, 5) is 13.9. The van der Waals surface area contributed by atoms with Crippen molar-refractivity contribution in [1.82, 2.24) is 4.98 Å². The van der Waals surface area contributed by atoms with Gasteiger partial charge in [0.1, 0.15) is 5.75 Å². The zero-order chi connectivity index (χ0) is 11.9. The molecule has 4 nitrogen and oxygen atoms in total. The molecule has 1 aromatic carbocycles. The van der Waals surface area contributed by atoms with Gasteiger partial charge in [-0.15, -0.1) is 0 Å². The molecular formula is C11H10ClNO3. The van der Waals surface area contributed by atoms with E-state index in [2.05, 4.69) is 4.98 Å². The number of rotatable bonds is 2. The average Bonchev–Trinajstić information content (AvgIpc) is 2.68. The first-order chi connectivity index (χ1) is 7.56. The molecule has 0 amide bonds. The molecule has 5 heteroatoms. The summed E-state index contributed by atoms with van der Waals surface area (Å²) in [6, 6.07) is 1.67. The van der Waals surface area contributed by atoms with E-state index in [4.69, 9.17) is 21.4 Å². The number of hydrogen-bond acceptors (Lipinski definition) is 2. The minimum absolute atomic E-state index is 0.202. The number of H-pyrrole nitrogens is 1. The smallest absolute Gasteiger partial charge is 0.337 e. The van der Waals surface area contributed by atoms with Crippen molar-refractivity contribution < 1.29 is 14.6 Å². The number of benzene rings is 1. The molecule has 0 unspecified atom stereocenters. The van der Waals surface area contributed by atoms with Crippen molar-refractivity contribution in [2.75, 3.05) is 7.11 Å². The van der Waals surface area contributed by atoms with Crippen LogP contribution in [0.3, 0.4) is 0 Å². The Morgan fingerprint density at radius 1 is 1.56 bits per heavy atom. The second-order valence-corrected chi connectivity index (χ2v) is 3.85. The van der Waals surface area contributed by atoms with Crippen LogP contribution in [0.15, 0.2) is 12.3 Å². The van der Waals surface area contributed by atoms with Crippen LogP contribution in [0.25, 0.3) is 10.9 Å². The fourth-order valence-corrected chi connectivity index (χ4v) is 1.95. The van der Waals surface area contributed by atoms with Gasteiger partial charge in [-0.1, -0.05) is 11.6 Å². The minimum atomic E-state index is -0.987. The van der Waals surface area contributed by atoms with E-state index in [0.717, 1.165) is 5.56 Å². The van der Waals surface area contributed by atoms with Crippen LogP contribution in [0.5, 0.6) is 5.75 Å². The summed E-state index contributed by atoms with van der Waals surface area (Å²) in [5.74, 6) is -0.447. The predicted molar refractivity (Wildman–Crippen MR) is 61.6 cm³/mol. The maximum atomic E-state index is 11.0. The third-order valence-corrected chi connectivity index (χ3v) is 2.96. The summed E-state index contributed by atoms with van der Waals surface area (Å²) in [5.41, 5.74) is 1.59. The minimum Gasteiger partial charge on any atom is -0.495 e. The zero-order valence-electron chi connectivity index (χ0n) is 8.80. The summed E-state index contributed by atoms with van der Waals surface area (Å²) in [5, 5.41) is 10.1. The number of carboxylic acid groups (broad SMARTS) is 1. The lowest BCUT2D eigenvalue weighted by Gasteiger charge is -2.06. The first-order valence-corrected chi connectivity index (χ1v) is 5.01. The molecule has 0 bridgehead atoms. The monoisotopic (exact) mass is 239 g/mol. The molecule has 16 heavy (non-hydrogen) atoms. The maximum absolute atomic E-state index is 11.0. The molecule has 2 rings (SSSR count). The fraction of sp³-hybridized carbons (Fsp3) is 0.182. The van der Waals surface area contributed by atoms with Gasteiger partial charge < -0.3 is 14.8 Å². The Morgan fingerprint density at radius 3 is 2.81 bits per heavy atom. The van der Waals surface area contributed by atoms with Crippen LogP contribution >= 0.6 is 11.6 Å². The van der Waals surface area contributed by atoms with Crippen LogP contribution in [-0.2, 0) is 0 Å². The average molecular weight is 240 g/mol. The number of carbonyl (C=O) groups is 1. The summed E-state index contributed by atoms with van der Waals surface area (Å²) >= 11 is 6.02. The quantitative estimate of drug-likeness (QED) is 0.847. The van der Waals surface area contributed by atoms with E-state index in [-0.39, 0.29) is 5.56 Å². The second kappa shape index (κ2) is 3.72. The highest BCUT2D eigenvalue weighted by atomic mass is 35.5. The van der Waals surface area contributed by atoms with E-state index in [1.54, 1.807) is 13.0 Å².